The molecule has 0 aliphatic carbocycles. The quantitative estimate of drug-likeness (QED) is 0.648. The Balaban J connectivity index is 2.30. The Kier molecular flexibility index (Phi) is 7.21. The van der Waals surface area contributed by atoms with Gasteiger partial charge < -0.3 is 19.5 Å². The number of ether oxygens (including phenoxy) is 2. The lowest BCUT2D eigenvalue weighted by atomic mass is 9.95. The number of unbranched alkanes of at least 4 members (excludes halogenated alkanes) is 1. The topological polar surface area (TPSA) is 76.1 Å². The van der Waals surface area contributed by atoms with Gasteiger partial charge in [0.1, 0.15) is 5.75 Å². The van der Waals surface area contributed by atoms with Crippen LogP contribution in [0.2, 0.25) is 0 Å². The number of Topliss-reactive ketones (excluding diaryl/α,β-unsaturated/α-hetero) is 1. The monoisotopic (exact) mass is 361 g/mol. The first-order valence-electron chi connectivity index (χ1n) is 9.04. The van der Waals surface area contributed by atoms with E-state index >= 15 is 0 Å². The van der Waals surface area contributed by atoms with E-state index < -0.39 is 17.7 Å². The summed E-state index contributed by atoms with van der Waals surface area (Å²) in [6.07, 6.45) is 2.26. The van der Waals surface area contributed by atoms with Crippen LogP contribution in [-0.2, 0) is 14.3 Å². The molecule has 2 rings (SSSR count). The van der Waals surface area contributed by atoms with Crippen molar-refractivity contribution in [2.24, 2.45) is 0 Å². The van der Waals surface area contributed by atoms with Crippen molar-refractivity contribution in [1.29, 1.82) is 0 Å². The maximum atomic E-state index is 12.5. The Hall–Kier alpha value is -2.34. The van der Waals surface area contributed by atoms with E-state index in [4.69, 9.17) is 9.47 Å². The molecule has 1 atom stereocenters. The van der Waals surface area contributed by atoms with Gasteiger partial charge in [-0.25, -0.2) is 0 Å². The third-order valence-corrected chi connectivity index (χ3v) is 4.42. The molecule has 1 aromatic rings. The SMILES string of the molecule is CCCCOc1ccc(C2C(C(=O)CC)=C(O)C(=O)N2CCOC)cc1. The van der Waals surface area contributed by atoms with Gasteiger partial charge in [-0.15, -0.1) is 0 Å². The Morgan fingerprint density at radius 1 is 1.19 bits per heavy atom. The fraction of sp³-hybridized carbons (Fsp3) is 0.500. The molecule has 0 saturated heterocycles. The molecular formula is C20H27NO5. The fourth-order valence-electron chi connectivity index (χ4n) is 2.98. The number of methoxy groups -OCH3 is 1. The van der Waals surface area contributed by atoms with Crippen LogP contribution in [0, 0.1) is 0 Å². The highest BCUT2D eigenvalue weighted by molar-refractivity contribution is 6.08. The van der Waals surface area contributed by atoms with Crippen molar-refractivity contribution in [3.05, 3.63) is 41.2 Å². The molecule has 0 radical (unpaired) electrons. The summed E-state index contributed by atoms with van der Waals surface area (Å²) in [5, 5.41) is 10.3. The van der Waals surface area contributed by atoms with Crippen LogP contribution in [0.4, 0.5) is 0 Å². The van der Waals surface area contributed by atoms with Crippen molar-refractivity contribution in [3.8, 4) is 5.75 Å². The van der Waals surface area contributed by atoms with Gasteiger partial charge in [0.05, 0.1) is 24.8 Å². The summed E-state index contributed by atoms with van der Waals surface area (Å²) < 4.78 is 10.7. The molecule has 6 nitrogen and oxygen atoms in total. The first kappa shape index (κ1) is 20.0. The standard InChI is InChI=1S/C20H27NO5/c1-4-6-12-26-15-9-7-14(8-10-15)18-17(16(22)5-2)19(23)20(24)21(18)11-13-25-3/h7-10,18,23H,4-6,11-13H2,1-3H3. The lowest BCUT2D eigenvalue weighted by Gasteiger charge is -2.26. The largest absolute Gasteiger partial charge is 0.503 e. The van der Waals surface area contributed by atoms with Crippen molar-refractivity contribution in [2.75, 3.05) is 26.9 Å². The molecule has 1 heterocycles. The predicted octanol–water partition coefficient (Wildman–Crippen LogP) is 3.19. The summed E-state index contributed by atoms with van der Waals surface area (Å²) >= 11 is 0. The van der Waals surface area contributed by atoms with Crippen LogP contribution in [0.1, 0.15) is 44.7 Å². The van der Waals surface area contributed by atoms with Crippen LogP contribution in [0.5, 0.6) is 5.75 Å². The maximum Gasteiger partial charge on any atom is 0.290 e. The first-order valence-corrected chi connectivity index (χ1v) is 9.04. The molecule has 0 spiro atoms. The van der Waals surface area contributed by atoms with Crippen molar-refractivity contribution >= 4 is 11.7 Å². The molecule has 0 bridgehead atoms. The van der Waals surface area contributed by atoms with Gasteiger partial charge in [0, 0.05) is 20.1 Å². The minimum atomic E-state index is -0.602. The molecule has 1 aromatic carbocycles. The van der Waals surface area contributed by atoms with Crippen molar-refractivity contribution in [3.63, 3.8) is 0 Å². The molecule has 0 fully saturated rings. The average molecular weight is 361 g/mol. The van der Waals surface area contributed by atoms with Crippen LogP contribution in [-0.4, -0.2) is 48.6 Å². The van der Waals surface area contributed by atoms with Gasteiger partial charge >= 0.3 is 0 Å². The van der Waals surface area contributed by atoms with E-state index in [1.807, 2.05) is 24.3 Å². The molecule has 26 heavy (non-hydrogen) atoms. The van der Waals surface area contributed by atoms with E-state index in [1.54, 1.807) is 14.0 Å². The van der Waals surface area contributed by atoms with Gasteiger partial charge in [-0.2, -0.15) is 0 Å². The summed E-state index contributed by atoms with van der Waals surface area (Å²) in [7, 11) is 1.55. The zero-order valence-corrected chi connectivity index (χ0v) is 15.7. The minimum Gasteiger partial charge on any atom is -0.503 e. The summed E-state index contributed by atoms with van der Waals surface area (Å²) in [6.45, 7) is 5.08. The summed E-state index contributed by atoms with van der Waals surface area (Å²) in [4.78, 5) is 26.3. The van der Waals surface area contributed by atoms with E-state index in [0.717, 1.165) is 24.2 Å². The smallest absolute Gasteiger partial charge is 0.290 e. The number of rotatable bonds is 10. The summed E-state index contributed by atoms with van der Waals surface area (Å²) in [6, 6.07) is 6.72. The molecule has 6 heteroatoms. The van der Waals surface area contributed by atoms with E-state index in [1.165, 1.54) is 4.90 Å². The maximum absolute atomic E-state index is 12.5. The molecule has 1 aliphatic rings. The Morgan fingerprint density at radius 2 is 1.88 bits per heavy atom. The van der Waals surface area contributed by atoms with Crippen molar-refractivity contribution < 1.29 is 24.2 Å². The summed E-state index contributed by atoms with van der Waals surface area (Å²) in [5.41, 5.74) is 0.923. The zero-order chi connectivity index (χ0) is 19.1. The number of benzene rings is 1. The van der Waals surface area contributed by atoms with Crippen molar-refractivity contribution in [1.82, 2.24) is 4.90 Å². The van der Waals surface area contributed by atoms with E-state index in [2.05, 4.69) is 6.92 Å². The minimum absolute atomic E-state index is 0.160. The highest BCUT2D eigenvalue weighted by atomic mass is 16.5. The second-order valence-electron chi connectivity index (χ2n) is 6.20. The second kappa shape index (κ2) is 9.38. The first-order chi connectivity index (χ1) is 12.5. The number of hydrogen-bond acceptors (Lipinski definition) is 5. The van der Waals surface area contributed by atoms with E-state index in [-0.39, 0.29) is 17.8 Å². The number of aliphatic hydroxyl groups excluding tert-OH is 1. The Morgan fingerprint density at radius 3 is 2.46 bits per heavy atom. The molecule has 1 aliphatic heterocycles. The van der Waals surface area contributed by atoms with Crippen LogP contribution in [0.25, 0.3) is 0 Å². The van der Waals surface area contributed by atoms with Gasteiger partial charge in [0.25, 0.3) is 5.91 Å². The number of ketones is 1. The lowest BCUT2D eigenvalue weighted by molar-refractivity contribution is -0.130. The van der Waals surface area contributed by atoms with Crippen LogP contribution >= 0.6 is 0 Å². The number of carbonyl (C=O) groups excluding carboxylic acids is 2. The van der Waals surface area contributed by atoms with E-state index in [9.17, 15) is 14.7 Å². The molecule has 1 N–H and O–H groups in total. The highest BCUT2D eigenvalue weighted by Gasteiger charge is 2.42. The van der Waals surface area contributed by atoms with Gasteiger partial charge in [-0.1, -0.05) is 32.4 Å². The number of nitrogens with zero attached hydrogens (tertiary/aromatic N) is 1. The second-order valence-corrected chi connectivity index (χ2v) is 6.20. The molecule has 1 amide bonds. The number of hydrogen-bond donors (Lipinski definition) is 1. The molecule has 142 valence electrons. The van der Waals surface area contributed by atoms with Gasteiger partial charge in [0.15, 0.2) is 11.5 Å². The molecule has 0 aromatic heterocycles. The third kappa shape index (κ3) is 4.25. The van der Waals surface area contributed by atoms with Crippen LogP contribution < -0.4 is 4.74 Å². The Labute approximate surface area is 154 Å². The van der Waals surface area contributed by atoms with Gasteiger partial charge in [0.2, 0.25) is 0 Å². The summed E-state index contributed by atoms with van der Waals surface area (Å²) in [5.74, 6) is -0.482. The lowest BCUT2D eigenvalue weighted by Crippen LogP contribution is -2.33. The molecule has 0 saturated carbocycles. The highest BCUT2D eigenvalue weighted by Crippen LogP contribution is 2.38. The third-order valence-electron chi connectivity index (χ3n) is 4.42. The zero-order valence-electron chi connectivity index (χ0n) is 15.7. The predicted molar refractivity (Wildman–Crippen MR) is 98.1 cm³/mol. The molecule has 1 unspecified atom stereocenters. The number of amides is 1. The average Bonchev–Trinajstić information content (AvgIpc) is 2.91. The van der Waals surface area contributed by atoms with Crippen LogP contribution in [0.15, 0.2) is 35.6 Å². The Bertz CT molecular complexity index is 665. The van der Waals surface area contributed by atoms with Crippen molar-refractivity contribution in [2.45, 2.75) is 39.2 Å². The molecular weight excluding hydrogens is 334 g/mol. The number of carbonyl (C=O) groups is 2. The number of aliphatic hydroxyl groups is 1. The van der Waals surface area contributed by atoms with Crippen LogP contribution in [0.3, 0.4) is 0 Å². The van der Waals surface area contributed by atoms with E-state index in [0.29, 0.717) is 19.8 Å². The van der Waals surface area contributed by atoms with Gasteiger partial charge in [-0.05, 0) is 24.1 Å². The fourth-order valence-corrected chi connectivity index (χ4v) is 2.98. The van der Waals surface area contributed by atoms with Gasteiger partial charge in [-0.3, -0.25) is 9.59 Å². The normalized spacial score (nSPS) is 17.1.